The van der Waals surface area contributed by atoms with E-state index in [1.807, 2.05) is 43.7 Å². The van der Waals surface area contributed by atoms with E-state index in [2.05, 4.69) is 15.6 Å². The molecule has 1 amide bonds. The summed E-state index contributed by atoms with van der Waals surface area (Å²) in [5, 5.41) is 11.2. The third-order valence-corrected chi connectivity index (χ3v) is 4.22. The lowest BCUT2D eigenvalue weighted by Gasteiger charge is -2.13. The van der Waals surface area contributed by atoms with Crippen LogP contribution >= 0.6 is 0 Å². The number of carbonyl (C=O) groups is 1. The Morgan fingerprint density at radius 2 is 2.00 bits per heavy atom. The fourth-order valence-corrected chi connectivity index (χ4v) is 2.92. The molecule has 0 saturated heterocycles. The first-order chi connectivity index (χ1) is 12.4. The topological polar surface area (TPSA) is 82.2 Å². The van der Waals surface area contributed by atoms with E-state index >= 15 is 0 Å². The third kappa shape index (κ3) is 3.46. The molecule has 2 aromatic heterocycles. The summed E-state index contributed by atoms with van der Waals surface area (Å²) in [6, 6.07) is 7.50. The number of anilines is 1. The number of aryl methyl sites for hydroxylation is 4. The van der Waals surface area contributed by atoms with Gasteiger partial charge in [0.25, 0.3) is 0 Å². The highest BCUT2D eigenvalue weighted by Crippen LogP contribution is 2.27. The molecule has 2 heterocycles. The van der Waals surface area contributed by atoms with Gasteiger partial charge in [0.2, 0.25) is 5.91 Å². The van der Waals surface area contributed by atoms with E-state index in [4.69, 9.17) is 9.26 Å². The number of carbonyl (C=O) groups excluding carboxylic acids is 1. The standard InChI is InChI=1S/C19H22N4O3/c1-11-8-12(2)23(21-11)17-7-6-15(9-18(17)25-5)20-19(24)10-16-13(3)22-26-14(16)4/h6-9H,10H2,1-5H3,(H,20,24). The molecule has 0 unspecified atom stereocenters. The molecule has 0 aliphatic heterocycles. The molecular weight excluding hydrogens is 332 g/mol. The molecular formula is C19H22N4O3. The summed E-state index contributed by atoms with van der Waals surface area (Å²) in [4.78, 5) is 12.4. The van der Waals surface area contributed by atoms with Gasteiger partial charge in [-0.2, -0.15) is 5.10 Å². The van der Waals surface area contributed by atoms with Crippen molar-refractivity contribution < 1.29 is 14.1 Å². The van der Waals surface area contributed by atoms with Crippen LogP contribution in [-0.4, -0.2) is 28.0 Å². The predicted octanol–water partition coefficient (Wildman–Crippen LogP) is 3.28. The van der Waals surface area contributed by atoms with E-state index in [1.54, 1.807) is 20.1 Å². The van der Waals surface area contributed by atoms with Gasteiger partial charge in [-0.1, -0.05) is 5.16 Å². The summed E-state index contributed by atoms with van der Waals surface area (Å²) in [6.07, 6.45) is 0.211. The number of ether oxygens (including phenoxy) is 1. The van der Waals surface area contributed by atoms with Gasteiger partial charge in [0.05, 0.1) is 24.9 Å². The van der Waals surface area contributed by atoms with E-state index in [-0.39, 0.29) is 12.3 Å². The van der Waals surface area contributed by atoms with Crippen LogP contribution in [0.3, 0.4) is 0 Å². The van der Waals surface area contributed by atoms with Crippen LogP contribution in [0, 0.1) is 27.7 Å². The minimum Gasteiger partial charge on any atom is -0.494 e. The Kier molecular flexibility index (Phi) is 4.79. The summed E-state index contributed by atoms with van der Waals surface area (Å²) in [6.45, 7) is 7.55. The van der Waals surface area contributed by atoms with Gasteiger partial charge >= 0.3 is 0 Å². The average Bonchev–Trinajstić information content (AvgIpc) is 3.10. The molecule has 1 aromatic carbocycles. The Hall–Kier alpha value is -3.09. The number of nitrogens with zero attached hydrogens (tertiary/aromatic N) is 3. The van der Waals surface area contributed by atoms with Crippen LogP contribution in [0.4, 0.5) is 5.69 Å². The largest absolute Gasteiger partial charge is 0.494 e. The quantitative estimate of drug-likeness (QED) is 0.760. The first-order valence-corrected chi connectivity index (χ1v) is 8.32. The Bertz CT molecular complexity index is 936. The molecule has 0 saturated carbocycles. The molecule has 0 radical (unpaired) electrons. The van der Waals surface area contributed by atoms with E-state index in [0.717, 1.165) is 28.3 Å². The highest BCUT2D eigenvalue weighted by atomic mass is 16.5. The zero-order chi connectivity index (χ0) is 18.8. The molecule has 3 aromatic rings. The van der Waals surface area contributed by atoms with Crippen LogP contribution in [0.2, 0.25) is 0 Å². The highest BCUT2D eigenvalue weighted by molar-refractivity contribution is 5.92. The van der Waals surface area contributed by atoms with Crippen molar-refractivity contribution in [2.45, 2.75) is 34.1 Å². The van der Waals surface area contributed by atoms with Gasteiger partial charge < -0.3 is 14.6 Å². The second kappa shape index (κ2) is 7.03. The maximum Gasteiger partial charge on any atom is 0.229 e. The van der Waals surface area contributed by atoms with Crippen molar-refractivity contribution in [2.75, 3.05) is 12.4 Å². The molecule has 0 aliphatic rings. The fourth-order valence-electron chi connectivity index (χ4n) is 2.92. The highest BCUT2D eigenvalue weighted by Gasteiger charge is 2.15. The van der Waals surface area contributed by atoms with E-state index in [1.165, 1.54) is 0 Å². The zero-order valence-corrected chi connectivity index (χ0v) is 15.6. The second-order valence-corrected chi connectivity index (χ2v) is 6.25. The van der Waals surface area contributed by atoms with Crippen molar-refractivity contribution in [3.63, 3.8) is 0 Å². The Morgan fingerprint density at radius 3 is 2.58 bits per heavy atom. The molecule has 26 heavy (non-hydrogen) atoms. The lowest BCUT2D eigenvalue weighted by atomic mass is 10.1. The number of rotatable bonds is 5. The first kappa shape index (κ1) is 17.7. The lowest BCUT2D eigenvalue weighted by molar-refractivity contribution is -0.115. The minimum absolute atomic E-state index is 0.139. The van der Waals surface area contributed by atoms with Gasteiger partial charge in [-0.05, 0) is 45.9 Å². The molecule has 0 fully saturated rings. The van der Waals surface area contributed by atoms with Crippen molar-refractivity contribution in [3.05, 3.63) is 52.7 Å². The summed E-state index contributed by atoms with van der Waals surface area (Å²) >= 11 is 0. The summed E-state index contributed by atoms with van der Waals surface area (Å²) in [7, 11) is 1.60. The number of hydrogen-bond acceptors (Lipinski definition) is 5. The van der Waals surface area contributed by atoms with Gasteiger partial charge in [-0.3, -0.25) is 4.79 Å². The predicted molar refractivity (Wildman–Crippen MR) is 97.9 cm³/mol. The number of nitrogens with one attached hydrogen (secondary N) is 1. The van der Waals surface area contributed by atoms with Crippen molar-refractivity contribution in [1.82, 2.24) is 14.9 Å². The molecule has 0 aliphatic carbocycles. The van der Waals surface area contributed by atoms with Crippen LogP contribution in [-0.2, 0) is 11.2 Å². The van der Waals surface area contributed by atoms with Gasteiger partial charge in [0, 0.05) is 23.0 Å². The zero-order valence-electron chi connectivity index (χ0n) is 15.6. The number of benzene rings is 1. The monoisotopic (exact) mass is 354 g/mol. The smallest absolute Gasteiger partial charge is 0.229 e. The van der Waals surface area contributed by atoms with Crippen molar-refractivity contribution in [2.24, 2.45) is 0 Å². The fraction of sp³-hybridized carbons (Fsp3) is 0.316. The summed E-state index contributed by atoms with van der Waals surface area (Å²) in [5.41, 5.74) is 4.96. The van der Waals surface area contributed by atoms with Crippen molar-refractivity contribution in [1.29, 1.82) is 0 Å². The SMILES string of the molecule is COc1cc(NC(=O)Cc2c(C)noc2C)ccc1-n1nc(C)cc1C. The summed E-state index contributed by atoms with van der Waals surface area (Å²) in [5.74, 6) is 1.15. The molecule has 0 atom stereocenters. The Labute approximate surface area is 151 Å². The number of aromatic nitrogens is 3. The Morgan fingerprint density at radius 1 is 1.23 bits per heavy atom. The van der Waals surface area contributed by atoms with Gasteiger partial charge in [-0.25, -0.2) is 4.68 Å². The van der Waals surface area contributed by atoms with Gasteiger partial charge in [0.1, 0.15) is 17.2 Å². The number of methoxy groups -OCH3 is 1. The molecule has 3 rings (SSSR count). The van der Waals surface area contributed by atoms with Crippen LogP contribution < -0.4 is 10.1 Å². The Balaban J connectivity index is 1.81. The first-order valence-electron chi connectivity index (χ1n) is 8.32. The average molecular weight is 354 g/mol. The van der Waals surface area contributed by atoms with Crippen molar-refractivity contribution >= 4 is 11.6 Å². The molecule has 0 spiro atoms. The van der Waals surface area contributed by atoms with Gasteiger partial charge in [-0.15, -0.1) is 0 Å². The second-order valence-electron chi connectivity index (χ2n) is 6.25. The molecule has 136 valence electrons. The van der Waals surface area contributed by atoms with E-state index < -0.39 is 0 Å². The number of hydrogen-bond donors (Lipinski definition) is 1. The van der Waals surface area contributed by atoms with Crippen molar-refractivity contribution in [3.8, 4) is 11.4 Å². The van der Waals surface area contributed by atoms with E-state index in [9.17, 15) is 4.79 Å². The maximum atomic E-state index is 12.4. The third-order valence-electron chi connectivity index (χ3n) is 4.22. The maximum absolute atomic E-state index is 12.4. The summed E-state index contributed by atoms with van der Waals surface area (Å²) < 4.78 is 12.4. The van der Waals surface area contributed by atoms with E-state index in [0.29, 0.717) is 17.2 Å². The van der Waals surface area contributed by atoms with Crippen LogP contribution in [0.5, 0.6) is 5.75 Å². The molecule has 1 N–H and O–H groups in total. The normalized spacial score (nSPS) is 10.8. The van der Waals surface area contributed by atoms with Crippen LogP contribution in [0.1, 0.15) is 28.4 Å². The van der Waals surface area contributed by atoms with Crippen LogP contribution in [0.15, 0.2) is 28.8 Å². The molecule has 7 heteroatoms. The molecule has 7 nitrogen and oxygen atoms in total. The lowest BCUT2D eigenvalue weighted by Crippen LogP contribution is -2.15. The van der Waals surface area contributed by atoms with Gasteiger partial charge in [0.15, 0.2) is 0 Å². The minimum atomic E-state index is -0.139. The molecule has 0 bridgehead atoms. The van der Waals surface area contributed by atoms with Crippen LogP contribution in [0.25, 0.3) is 5.69 Å². The number of amides is 1.